The fourth-order valence-electron chi connectivity index (χ4n) is 1.88. The number of benzene rings is 1. The summed E-state index contributed by atoms with van der Waals surface area (Å²) >= 11 is 0. The van der Waals surface area contributed by atoms with E-state index in [9.17, 15) is 0 Å². The Kier molecular flexibility index (Phi) is 3.72. The predicted octanol–water partition coefficient (Wildman–Crippen LogP) is 3.03. The number of nitrogens with zero attached hydrogens (tertiary/aromatic N) is 2. The van der Waals surface area contributed by atoms with Gasteiger partial charge in [-0.3, -0.25) is 0 Å². The van der Waals surface area contributed by atoms with E-state index in [2.05, 4.69) is 48.1 Å². The Morgan fingerprint density at radius 3 is 2.33 bits per heavy atom. The maximum atomic E-state index is 5.64. The average molecular weight is 241 g/mol. The van der Waals surface area contributed by atoms with Gasteiger partial charge in [0, 0.05) is 17.8 Å². The summed E-state index contributed by atoms with van der Waals surface area (Å²) in [6.45, 7) is 6.78. The molecule has 1 aromatic carbocycles. The second-order valence-corrected chi connectivity index (χ2v) is 4.81. The van der Waals surface area contributed by atoms with Crippen molar-refractivity contribution in [1.82, 2.24) is 9.97 Å². The van der Waals surface area contributed by atoms with E-state index in [0.717, 1.165) is 22.8 Å². The molecular formula is C15H19N3. The normalized spacial score (nSPS) is 10.9. The second kappa shape index (κ2) is 5.27. The molecule has 0 fully saturated rings. The fourth-order valence-corrected chi connectivity index (χ4v) is 1.88. The molecule has 0 aliphatic heterocycles. The molecule has 0 spiro atoms. The Bertz CT molecular complexity index is 530. The molecule has 2 rings (SSSR count). The highest BCUT2D eigenvalue weighted by molar-refractivity contribution is 5.55. The number of nitrogens with two attached hydrogens (primary N) is 1. The number of rotatable bonds is 3. The van der Waals surface area contributed by atoms with Gasteiger partial charge < -0.3 is 5.73 Å². The predicted molar refractivity (Wildman–Crippen MR) is 74.2 cm³/mol. The Hall–Kier alpha value is -1.74. The number of hydrogen-bond donors (Lipinski definition) is 1. The lowest BCUT2D eigenvalue weighted by Crippen LogP contribution is -2.03. The Morgan fingerprint density at radius 2 is 1.78 bits per heavy atom. The Labute approximate surface area is 108 Å². The summed E-state index contributed by atoms with van der Waals surface area (Å²) in [5, 5.41) is 0. The molecule has 0 radical (unpaired) electrons. The first-order chi connectivity index (χ1) is 8.60. The van der Waals surface area contributed by atoms with Crippen molar-refractivity contribution in [3.8, 4) is 11.4 Å². The molecule has 2 N–H and O–H groups in total. The van der Waals surface area contributed by atoms with Gasteiger partial charge in [0.15, 0.2) is 5.82 Å². The smallest absolute Gasteiger partial charge is 0.159 e. The van der Waals surface area contributed by atoms with Crippen molar-refractivity contribution in [3.05, 3.63) is 47.3 Å². The topological polar surface area (TPSA) is 51.8 Å². The van der Waals surface area contributed by atoms with Crippen LogP contribution < -0.4 is 5.73 Å². The van der Waals surface area contributed by atoms with Crippen LogP contribution in [0, 0.1) is 6.92 Å². The summed E-state index contributed by atoms with van der Waals surface area (Å²) in [5.41, 5.74) is 9.84. The minimum atomic E-state index is 0.445. The van der Waals surface area contributed by atoms with E-state index in [0.29, 0.717) is 12.5 Å². The molecule has 0 unspecified atom stereocenters. The van der Waals surface area contributed by atoms with Gasteiger partial charge in [-0.2, -0.15) is 0 Å². The van der Waals surface area contributed by atoms with Crippen LogP contribution in [0.5, 0.6) is 0 Å². The van der Waals surface area contributed by atoms with Gasteiger partial charge in [0.1, 0.15) is 0 Å². The van der Waals surface area contributed by atoms with Crippen molar-refractivity contribution >= 4 is 0 Å². The monoisotopic (exact) mass is 241 g/mol. The van der Waals surface area contributed by atoms with E-state index < -0.39 is 0 Å². The van der Waals surface area contributed by atoms with Crippen LogP contribution in [0.25, 0.3) is 11.4 Å². The van der Waals surface area contributed by atoms with Crippen LogP contribution in [0.15, 0.2) is 30.3 Å². The lowest BCUT2D eigenvalue weighted by atomic mass is 10.0. The quantitative estimate of drug-likeness (QED) is 0.898. The summed E-state index contributed by atoms with van der Waals surface area (Å²) in [7, 11) is 0. The van der Waals surface area contributed by atoms with Crippen LogP contribution in [-0.4, -0.2) is 9.97 Å². The third-order valence-electron chi connectivity index (χ3n) is 2.95. The van der Waals surface area contributed by atoms with Crippen LogP contribution >= 0.6 is 0 Å². The van der Waals surface area contributed by atoms with Crippen LogP contribution in [0.1, 0.15) is 36.7 Å². The summed E-state index contributed by atoms with van der Waals surface area (Å²) in [4.78, 5) is 8.92. The van der Waals surface area contributed by atoms with E-state index >= 15 is 0 Å². The molecule has 0 atom stereocenters. The van der Waals surface area contributed by atoms with Crippen LogP contribution in [-0.2, 0) is 6.54 Å². The van der Waals surface area contributed by atoms with Crippen molar-refractivity contribution < 1.29 is 0 Å². The molecule has 3 nitrogen and oxygen atoms in total. The lowest BCUT2D eigenvalue weighted by molar-refractivity contribution is 0.866. The molecule has 18 heavy (non-hydrogen) atoms. The largest absolute Gasteiger partial charge is 0.325 e. The average Bonchev–Trinajstić information content (AvgIpc) is 2.38. The highest BCUT2D eigenvalue weighted by atomic mass is 14.9. The van der Waals surface area contributed by atoms with Crippen molar-refractivity contribution in [2.75, 3.05) is 0 Å². The lowest BCUT2D eigenvalue weighted by Gasteiger charge is -2.07. The summed E-state index contributed by atoms with van der Waals surface area (Å²) in [5.74, 6) is 1.29. The maximum Gasteiger partial charge on any atom is 0.159 e. The van der Waals surface area contributed by atoms with Crippen LogP contribution in [0.3, 0.4) is 0 Å². The first-order valence-corrected chi connectivity index (χ1v) is 6.25. The number of aromatic nitrogens is 2. The molecule has 0 saturated heterocycles. The van der Waals surface area contributed by atoms with E-state index in [4.69, 9.17) is 5.73 Å². The SMILES string of the molecule is Cc1cc(CN)nc(-c2ccc(C(C)C)cc2)n1. The molecule has 1 heterocycles. The van der Waals surface area contributed by atoms with Gasteiger partial charge in [0.05, 0.1) is 5.69 Å². The fraction of sp³-hybridized carbons (Fsp3) is 0.333. The van der Waals surface area contributed by atoms with Gasteiger partial charge in [0.25, 0.3) is 0 Å². The van der Waals surface area contributed by atoms with E-state index in [1.54, 1.807) is 0 Å². The zero-order valence-electron chi connectivity index (χ0n) is 11.1. The molecule has 0 bridgehead atoms. The molecule has 1 aromatic heterocycles. The summed E-state index contributed by atoms with van der Waals surface area (Å²) in [6.07, 6.45) is 0. The van der Waals surface area contributed by atoms with E-state index in [1.165, 1.54) is 5.56 Å². The van der Waals surface area contributed by atoms with Crippen molar-refractivity contribution in [3.63, 3.8) is 0 Å². The van der Waals surface area contributed by atoms with Crippen LogP contribution in [0.2, 0.25) is 0 Å². The van der Waals surface area contributed by atoms with Gasteiger partial charge in [-0.05, 0) is 24.5 Å². The minimum Gasteiger partial charge on any atom is -0.325 e. The summed E-state index contributed by atoms with van der Waals surface area (Å²) in [6, 6.07) is 10.3. The second-order valence-electron chi connectivity index (χ2n) is 4.81. The van der Waals surface area contributed by atoms with Crippen molar-refractivity contribution in [2.24, 2.45) is 5.73 Å². The molecule has 0 aliphatic carbocycles. The Morgan fingerprint density at radius 1 is 1.11 bits per heavy atom. The molecule has 2 aromatic rings. The van der Waals surface area contributed by atoms with E-state index in [-0.39, 0.29) is 0 Å². The maximum absolute atomic E-state index is 5.64. The molecule has 3 heteroatoms. The van der Waals surface area contributed by atoms with Gasteiger partial charge >= 0.3 is 0 Å². The van der Waals surface area contributed by atoms with Crippen molar-refractivity contribution in [1.29, 1.82) is 0 Å². The van der Waals surface area contributed by atoms with Gasteiger partial charge in [0.2, 0.25) is 0 Å². The highest BCUT2D eigenvalue weighted by Gasteiger charge is 2.05. The van der Waals surface area contributed by atoms with Gasteiger partial charge in [-0.15, -0.1) is 0 Å². The molecule has 0 saturated carbocycles. The van der Waals surface area contributed by atoms with Crippen molar-refractivity contribution in [2.45, 2.75) is 33.2 Å². The minimum absolute atomic E-state index is 0.445. The zero-order chi connectivity index (χ0) is 13.1. The van der Waals surface area contributed by atoms with Gasteiger partial charge in [-0.1, -0.05) is 38.1 Å². The highest BCUT2D eigenvalue weighted by Crippen LogP contribution is 2.20. The Balaban J connectivity index is 2.39. The van der Waals surface area contributed by atoms with Crippen LogP contribution in [0.4, 0.5) is 0 Å². The zero-order valence-corrected chi connectivity index (χ0v) is 11.1. The molecular weight excluding hydrogens is 222 g/mol. The first kappa shape index (κ1) is 12.7. The van der Waals surface area contributed by atoms with Gasteiger partial charge in [-0.25, -0.2) is 9.97 Å². The molecule has 0 amide bonds. The number of hydrogen-bond acceptors (Lipinski definition) is 3. The first-order valence-electron chi connectivity index (χ1n) is 6.25. The standard InChI is InChI=1S/C15H19N3/c1-10(2)12-4-6-13(7-5-12)15-17-11(3)8-14(9-16)18-15/h4-8,10H,9,16H2,1-3H3. The molecule has 94 valence electrons. The number of aryl methyl sites for hydroxylation is 1. The third-order valence-corrected chi connectivity index (χ3v) is 2.95. The third kappa shape index (κ3) is 2.74. The summed E-state index contributed by atoms with van der Waals surface area (Å²) < 4.78 is 0. The molecule has 0 aliphatic rings. The van der Waals surface area contributed by atoms with E-state index in [1.807, 2.05) is 13.0 Å².